The Morgan fingerprint density at radius 3 is 0.516 bits per heavy atom. The second-order valence-electron chi connectivity index (χ2n) is 14.2. The van der Waals surface area contributed by atoms with Gasteiger partial charge in [0.25, 0.3) is 22.7 Å². The van der Waals surface area contributed by atoms with Gasteiger partial charge in [0.05, 0.1) is 30.5 Å². The number of nitro benzene ring substituents is 4. The monoisotopic (exact) mass is 820 g/mol. The summed E-state index contributed by atoms with van der Waals surface area (Å²) in [5, 5.41) is 45.2. The summed E-state index contributed by atoms with van der Waals surface area (Å²) in [5.74, 6) is 0. The Morgan fingerprint density at radius 2 is 0.371 bits per heavy atom. The Morgan fingerprint density at radius 1 is 0.226 bits per heavy atom. The van der Waals surface area contributed by atoms with Crippen molar-refractivity contribution in [2.75, 3.05) is 0 Å². The topological polar surface area (TPSA) is 173 Å². The number of non-ortho nitro benzene ring substituents is 4. The molecule has 0 saturated carbocycles. The van der Waals surface area contributed by atoms with Crippen LogP contribution in [-0.2, 0) is 10.8 Å². The molecular weight excluding hydrogens is 785 g/mol. The molecule has 304 valence electrons. The second kappa shape index (κ2) is 18.1. The van der Waals surface area contributed by atoms with Crippen LogP contribution < -0.4 is 0 Å². The van der Waals surface area contributed by atoms with Crippen LogP contribution in [0.4, 0.5) is 22.7 Å². The van der Waals surface area contributed by atoms with Gasteiger partial charge in [0, 0.05) is 48.5 Å². The number of nitro groups is 4. The van der Waals surface area contributed by atoms with Gasteiger partial charge in [-0.2, -0.15) is 0 Å². The molecule has 8 aromatic rings. The first-order valence-electron chi connectivity index (χ1n) is 19.3. The van der Waals surface area contributed by atoms with Crippen molar-refractivity contribution in [2.45, 2.75) is 10.8 Å². The van der Waals surface area contributed by atoms with E-state index in [1.807, 2.05) is 0 Å². The van der Waals surface area contributed by atoms with Gasteiger partial charge in [-0.15, -0.1) is 0 Å². The molecule has 0 N–H and O–H groups in total. The molecule has 8 rings (SSSR count). The van der Waals surface area contributed by atoms with Crippen LogP contribution in [0, 0.1) is 40.5 Å². The Kier molecular flexibility index (Phi) is 12.1. The predicted molar refractivity (Wildman–Crippen MR) is 236 cm³/mol. The van der Waals surface area contributed by atoms with E-state index in [4.69, 9.17) is 0 Å². The number of nitrogens with zero attached hydrogens (tertiary/aromatic N) is 4. The molecule has 12 nitrogen and oxygen atoms in total. The third-order valence-electron chi connectivity index (χ3n) is 10.9. The number of rotatable bonds is 12. The fraction of sp³-hybridized carbons (Fsp3) is 0.0400. The molecule has 0 heterocycles. The van der Waals surface area contributed by atoms with Gasteiger partial charge in [0.2, 0.25) is 0 Å². The van der Waals surface area contributed by atoms with Crippen molar-refractivity contribution in [2.24, 2.45) is 0 Å². The average Bonchev–Trinajstić information content (AvgIpc) is 3.32. The Bertz CT molecular complexity index is 2410. The molecule has 0 atom stereocenters. The first-order valence-corrected chi connectivity index (χ1v) is 19.3. The van der Waals surface area contributed by atoms with Crippen molar-refractivity contribution in [1.82, 2.24) is 0 Å². The number of hydrogen-bond donors (Lipinski definition) is 0. The summed E-state index contributed by atoms with van der Waals surface area (Å²) < 4.78 is 0. The van der Waals surface area contributed by atoms with Crippen LogP contribution in [0.2, 0.25) is 0 Å². The van der Waals surface area contributed by atoms with Crippen LogP contribution in [0.1, 0.15) is 44.5 Å². The normalized spacial score (nSPS) is 11.1. The van der Waals surface area contributed by atoms with Crippen molar-refractivity contribution < 1.29 is 19.7 Å². The summed E-state index contributed by atoms with van der Waals surface area (Å²) in [4.78, 5) is 42.9. The van der Waals surface area contributed by atoms with Crippen LogP contribution in [0.5, 0.6) is 0 Å². The number of benzene rings is 8. The van der Waals surface area contributed by atoms with Crippen LogP contribution in [0.25, 0.3) is 0 Å². The van der Waals surface area contributed by atoms with Crippen LogP contribution in [-0.4, -0.2) is 19.7 Å². The minimum atomic E-state index is -1.30. The molecule has 0 fully saturated rings. The zero-order chi connectivity index (χ0) is 43.7. The highest BCUT2D eigenvalue weighted by molar-refractivity contribution is 5.63. The van der Waals surface area contributed by atoms with E-state index in [0.717, 1.165) is 0 Å². The Labute approximate surface area is 355 Å². The molecule has 0 aliphatic heterocycles. The van der Waals surface area contributed by atoms with E-state index >= 15 is 0 Å². The Balaban J connectivity index is 0.000000200. The first-order chi connectivity index (χ1) is 30.1. The summed E-state index contributed by atoms with van der Waals surface area (Å²) in [7, 11) is 0. The highest BCUT2D eigenvalue weighted by atomic mass is 16.6. The minimum absolute atomic E-state index is 0.172. The maximum absolute atomic E-state index is 11.3. The third-order valence-corrected chi connectivity index (χ3v) is 10.9. The lowest BCUT2D eigenvalue weighted by Crippen LogP contribution is -2.31. The molecule has 0 radical (unpaired) electrons. The fourth-order valence-electron chi connectivity index (χ4n) is 8.09. The molecule has 62 heavy (non-hydrogen) atoms. The molecule has 0 aliphatic carbocycles. The van der Waals surface area contributed by atoms with Gasteiger partial charge in [-0.25, -0.2) is 0 Å². The van der Waals surface area contributed by atoms with E-state index in [1.165, 1.54) is 119 Å². The molecule has 0 aliphatic rings. The molecule has 8 aromatic carbocycles. The van der Waals surface area contributed by atoms with E-state index in [1.54, 1.807) is 0 Å². The molecule has 0 aromatic heterocycles. The summed E-state index contributed by atoms with van der Waals surface area (Å²) in [5.41, 5.74) is 4.77. The van der Waals surface area contributed by atoms with Crippen LogP contribution >= 0.6 is 0 Å². The van der Waals surface area contributed by atoms with Gasteiger partial charge >= 0.3 is 0 Å². The van der Waals surface area contributed by atoms with Crippen molar-refractivity contribution in [3.63, 3.8) is 0 Å². The maximum atomic E-state index is 11.3. The summed E-state index contributed by atoms with van der Waals surface area (Å²) in [6.45, 7) is 0. The van der Waals surface area contributed by atoms with E-state index in [-0.39, 0.29) is 28.2 Å². The predicted octanol–water partition coefficient (Wildman–Crippen LogP) is 11.8. The first kappa shape index (κ1) is 41.5. The quantitative estimate of drug-likeness (QED) is 0.0665. The molecule has 0 spiro atoms. The van der Waals surface area contributed by atoms with Gasteiger partial charge in [-0.05, 0) is 44.5 Å². The summed E-state index contributed by atoms with van der Waals surface area (Å²) in [6, 6.07) is 65.7. The molecule has 0 amide bonds. The van der Waals surface area contributed by atoms with E-state index < -0.39 is 25.1 Å². The average molecular weight is 821 g/mol. The van der Waals surface area contributed by atoms with Crippen LogP contribution in [0.3, 0.4) is 0 Å². The second-order valence-corrected chi connectivity index (χ2v) is 14.2. The van der Waals surface area contributed by atoms with E-state index in [0.29, 0.717) is 22.3 Å². The summed E-state index contributed by atoms with van der Waals surface area (Å²) >= 11 is 0. The van der Waals surface area contributed by atoms with Gasteiger partial charge in [0.15, 0.2) is 0 Å². The maximum Gasteiger partial charge on any atom is 0.269 e. The lowest BCUT2D eigenvalue weighted by atomic mass is 9.65. The number of hydrogen-bond acceptors (Lipinski definition) is 8. The summed E-state index contributed by atoms with van der Waals surface area (Å²) in [6.07, 6.45) is 0. The van der Waals surface area contributed by atoms with Gasteiger partial charge < -0.3 is 0 Å². The van der Waals surface area contributed by atoms with E-state index in [9.17, 15) is 40.5 Å². The van der Waals surface area contributed by atoms with Crippen molar-refractivity contribution in [1.29, 1.82) is 0 Å². The van der Waals surface area contributed by atoms with E-state index in [2.05, 4.69) is 121 Å². The van der Waals surface area contributed by atoms with Crippen molar-refractivity contribution in [3.8, 4) is 0 Å². The zero-order valence-corrected chi connectivity index (χ0v) is 32.8. The molecule has 0 saturated heterocycles. The highest BCUT2D eigenvalue weighted by Gasteiger charge is 2.40. The van der Waals surface area contributed by atoms with Gasteiger partial charge in [-0.3, -0.25) is 40.5 Å². The third kappa shape index (κ3) is 8.03. The molecule has 12 heteroatoms. The zero-order valence-electron chi connectivity index (χ0n) is 32.8. The molecular formula is C50H36N4O8. The molecule has 0 bridgehead atoms. The largest absolute Gasteiger partial charge is 0.269 e. The fourth-order valence-corrected chi connectivity index (χ4v) is 8.09. The molecule has 0 unspecified atom stereocenters. The highest BCUT2D eigenvalue weighted by Crippen LogP contribution is 2.47. The van der Waals surface area contributed by atoms with Crippen LogP contribution in [0.15, 0.2) is 218 Å². The Hall–Kier alpha value is -8.64. The van der Waals surface area contributed by atoms with Crippen molar-refractivity contribution >= 4 is 22.7 Å². The minimum Gasteiger partial charge on any atom is -0.258 e. The smallest absolute Gasteiger partial charge is 0.258 e. The van der Waals surface area contributed by atoms with Gasteiger partial charge in [-0.1, -0.05) is 170 Å². The standard InChI is InChI=1S/C25H16N4O8.C25H20/c30-26(31)21-9-1-17(2-10-21)25(18-3-11-22(12-4-18)27(32)33,19-5-13-23(14-6-19)28(34)35)20-7-15-24(16-8-20)29(36)37;1-5-13-21(14-6-1)25(22-15-7-2-8-16-22,23-17-9-3-10-18-23)24-19-11-4-12-20-24/h1-16H;1-20H. The SMILES string of the molecule is O=[N+]([O-])c1ccc(C(c2ccc([N+](=O)[O-])cc2)(c2ccc([N+](=O)[O-])cc2)c2ccc([N+](=O)[O-])cc2)cc1.c1ccc(C(c2ccccc2)(c2ccccc2)c2ccccc2)cc1. The lowest BCUT2D eigenvalue weighted by molar-refractivity contribution is -0.385. The van der Waals surface area contributed by atoms with Crippen molar-refractivity contribution in [3.05, 3.63) is 303 Å². The lowest BCUT2D eigenvalue weighted by Gasteiger charge is -2.36. The van der Waals surface area contributed by atoms with Gasteiger partial charge in [0.1, 0.15) is 0 Å².